The lowest BCUT2D eigenvalue weighted by Gasteiger charge is -2.12. The molecule has 0 unspecified atom stereocenters. The van der Waals surface area contributed by atoms with Crippen LogP contribution >= 0.6 is 23.6 Å². The van der Waals surface area contributed by atoms with Crippen molar-refractivity contribution in [2.24, 2.45) is 0 Å². The van der Waals surface area contributed by atoms with E-state index in [0.717, 1.165) is 30.4 Å². The highest BCUT2D eigenvalue weighted by molar-refractivity contribution is 7.80. The second-order valence-corrected chi connectivity index (χ2v) is 7.47. The third-order valence-corrected chi connectivity index (χ3v) is 5.52. The molecule has 3 N–H and O–H groups in total. The molecule has 0 spiro atoms. The fourth-order valence-electron chi connectivity index (χ4n) is 2.92. The van der Waals surface area contributed by atoms with E-state index in [1.807, 2.05) is 19.1 Å². The van der Waals surface area contributed by atoms with Crippen LogP contribution in [0.2, 0.25) is 0 Å². The first-order valence-corrected chi connectivity index (χ1v) is 9.39. The summed E-state index contributed by atoms with van der Waals surface area (Å²) < 4.78 is 4.90. The number of hydrogen-bond donors (Lipinski definition) is 3. The third-order valence-electron chi connectivity index (χ3n) is 4.11. The van der Waals surface area contributed by atoms with Gasteiger partial charge in [0.15, 0.2) is 5.11 Å². The fraction of sp³-hybridized carbons (Fsp3) is 0.278. The molecule has 1 aromatic heterocycles. The van der Waals surface area contributed by atoms with Gasteiger partial charge >= 0.3 is 5.97 Å². The molecule has 1 heterocycles. The molecular weight excluding hydrogens is 370 g/mol. The Morgan fingerprint density at radius 2 is 2.04 bits per heavy atom. The normalized spacial score (nSPS) is 12.2. The zero-order chi connectivity index (χ0) is 18.7. The number of rotatable bonds is 3. The molecule has 1 aliphatic carbocycles. The van der Waals surface area contributed by atoms with Gasteiger partial charge in [0, 0.05) is 10.4 Å². The lowest BCUT2D eigenvalue weighted by molar-refractivity contribution is 0.0601. The average molecular weight is 390 g/mol. The first-order valence-electron chi connectivity index (χ1n) is 8.16. The summed E-state index contributed by atoms with van der Waals surface area (Å²) in [5, 5.41) is 3.84. The Balaban J connectivity index is 1.65. The maximum Gasteiger partial charge on any atom is 0.341 e. The minimum Gasteiger partial charge on any atom is -0.465 e. The molecule has 1 aliphatic rings. The van der Waals surface area contributed by atoms with Crippen LogP contribution in [0.1, 0.15) is 43.1 Å². The molecule has 0 fully saturated rings. The van der Waals surface area contributed by atoms with Crippen molar-refractivity contribution in [3.05, 3.63) is 51.4 Å². The Morgan fingerprint density at radius 1 is 1.23 bits per heavy atom. The van der Waals surface area contributed by atoms with Crippen LogP contribution in [0.25, 0.3) is 0 Å². The summed E-state index contributed by atoms with van der Waals surface area (Å²) in [5.41, 5.74) is 8.33. The summed E-state index contributed by atoms with van der Waals surface area (Å²) >= 11 is 6.74. The van der Waals surface area contributed by atoms with Gasteiger partial charge in [-0.2, -0.15) is 0 Å². The van der Waals surface area contributed by atoms with E-state index in [9.17, 15) is 9.59 Å². The van der Waals surface area contributed by atoms with Crippen molar-refractivity contribution in [2.75, 3.05) is 12.4 Å². The van der Waals surface area contributed by atoms with Gasteiger partial charge in [0.1, 0.15) is 5.00 Å². The van der Waals surface area contributed by atoms with Crippen LogP contribution in [0.3, 0.4) is 0 Å². The molecule has 0 bridgehead atoms. The van der Waals surface area contributed by atoms with E-state index in [4.69, 9.17) is 17.0 Å². The highest BCUT2D eigenvalue weighted by atomic mass is 32.1. The summed E-state index contributed by atoms with van der Waals surface area (Å²) in [7, 11) is 1.36. The summed E-state index contributed by atoms with van der Waals surface area (Å²) in [4.78, 5) is 25.5. The highest BCUT2D eigenvalue weighted by Crippen LogP contribution is 2.39. The van der Waals surface area contributed by atoms with Crippen molar-refractivity contribution in [1.82, 2.24) is 10.9 Å². The lowest BCUT2D eigenvalue weighted by Crippen LogP contribution is -2.43. The third kappa shape index (κ3) is 3.86. The van der Waals surface area contributed by atoms with Crippen molar-refractivity contribution >= 4 is 45.5 Å². The maximum atomic E-state index is 12.2. The largest absolute Gasteiger partial charge is 0.465 e. The molecule has 0 aliphatic heterocycles. The first-order chi connectivity index (χ1) is 12.5. The maximum absolute atomic E-state index is 12.2. The van der Waals surface area contributed by atoms with Gasteiger partial charge in [0.25, 0.3) is 5.91 Å². The number of hydrogen-bond acceptors (Lipinski definition) is 5. The van der Waals surface area contributed by atoms with Gasteiger partial charge in [-0.1, -0.05) is 17.7 Å². The molecule has 0 atom stereocenters. The van der Waals surface area contributed by atoms with E-state index in [-0.39, 0.29) is 17.0 Å². The number of carbonyl (C=O) groups is 2. The Labute approximate surface area is 160 Å². The number of amides is 1. The minimum atomic E-state index is -0.376. The van der Waals surface area contributed by atoms with Gasteiger partial charge in [-0.25, -0.2) is 4.79 Å². The highest BCUT2D eigenvalue weighted by Gasteiger charge is 2.27. The Bertz CT molecular complexity index is 877. The molecule has 2 aromatic rings. The van der Waals surface area contributed by atoms with Gasteiger partial charge in [0.2, 0.25) is 0 Å². The number of nitrogens with one attached hydrogen (secondary N) is 3. The second-order valence-electron chi connectivity index (χ2n) is 5.96. The summed E-state index contributed by atoms with van der Waals surface area (Å²) in [6.07, 6.45) is 2.86. The number of thiophene rings is 1. The quantitative estimate of drug-likeness (QED) is 0.426. The monoisotopic (exact) mass is 389 g/mol. The number of anilines is 1. The molecule has 3 rings (SSSR count). The number of benzene rings is 1. The van der Waals surface area contributed by atoms with Crippen LogP contribution in [0.4, 0.5) is 5.00 Å². The van der Waals surface area contributed by atoms with Crippen molar-refractivity contribution in [2.45, 2.75) is 26.2 Å². The fourth-order valence-corrected chi connectivity index (χ4v) is 4.42. The van der Waals surface area contributed by atoms with Gasteiger partial charge < -0.3 is 10.1 Å². The zero-order valence-electron chi connectivity index (χ0n) is 14.5. The van der Waals surface area contributed by atoms with Crippen LogP contribution in [0, 0.1) is 6.92 Å². The molecular formula is C18H19N3O3S2. The summed E-state index contributed by atoms with van der Waals surface area (Å²) in [6, 6.07) is 7.24. The van der Waals surface area contributed by atoms with E-state index in [1.165, 1.54) is 23.3 Å². The van der Waals surface area contributed by atoms with E-state index >= 15 is 0 Å². The zero-order valence-corrected chi connectivity index (χ0v) is 16.1. The average Bonchev–Trinajstić information content (AvgIpc) is 3.19. The molecule has 6 nitrogen and oxygen atoms in total. The van der Waals surface area contributed by atoms with Crippen LogP contribution in [0.5, 0.6) is 0 Å². The van der Waals surface area contributed by atoms with Crippen LogP contribution in [-0.2, 0) is 17.6 Å². The second kappa shape index (κ2) is 7.84. The summed E-state index contributed by atoms with van der Waals surface area (Å²) in [5.74, 6) is -0.668. The van der Waals surface area contributed by atoms with E-state index in [1.54, 1.807) is 12.1 Å². The number of carbonyl (C=O) groups excluding carboxylic acids is 2. The number of hydrazine groups is 1. The van der Waals surface area contributed by atoms with Crippen molar-refractivity contribution < 1.29 is 14.3 Å². The van der Waals surface area contributed by atoms with Crippen molar-refractivity contribution in [3.63, 3.8) is 0 Å². The smallest absolute Gasteiger partial charge is 0.341 e. The topological polar surface area (TPSA) is 79.5 Å². The van der Waals surface area contributed by atoms with Crippen LogP contribution in [0.15, 0.2) is 24.3 Å². The van der Waals surface area contributed by atoms with Crippen LogP contribution < -0.4 is 16.2 Å². The molecule has 26 heavy (non-hydrogen) atoms. The summed E-state index contributed by atoms with van der Waals surface area (Å²) in [6.45, 7) is 1.92. The molecule has 0 saturated carbocycles. The number of ether oxygens (including phenoxy) is 1. The van der Waals surface area contributed by atoms with Gasteiger partial charge in [-0.3, -0.25) is 15.6 Å². The van der Waals surface area contributed by atoms with E-state index < -0.39 is 0 Å². The number of thiocarbonyl (C=S) groups is 1. The Kier molecular flexibility index (Phi) is 5.53. The molecule has 0 saturated heterocycles. The lowest BCUT2D eigenvalue weighted by atomic mass is 10.1. The number of esters is 1. The Hall–Kier alpha value is -2.45. The predicted octanol–water partition coefficient (Wildman–Crippen LogP) is 2.96. The van der Waals surface area contributed by atoms with Crippen molar-refractivity contribution in [1.29, 1.82) is 0 Å². The standard InChI is InChI=1S/C18H19N3O3S2/c1-10-5-3-6-11(9-10)15(22)20-21-18(25)19-16-14(17(23)24-2)12-7-4-8-13(12)26-16/h3,5-6,9H,4,7-8H2,1-2H3,(H,20,22)(H2,19,21,25). The number of methoxy groups -OCH3 is 1. The predicted molar refractivity (Wildman–Crippen MR) is 106 cm³/mol. The number of aryl methyl sites for hydroxylation is 2. The van der Waals surface area contributed by atoms with Gasteiger partial charge in [0.05, 0.1) is 12.7 Å². The molecule has 0 radical (unpaired) electrons. The molecule has 1 aromatic carbocycles. The van der Waals surface area contributed by atoms with Gasteiger partial charge in [-0.05, 0) is 56.1 Å². The molecule has 8 heteroatoms. The van der Waals surface area contributed by atoms with Crippen molar-refractivity contribution in [3.8, 4) is 0 Å². The van der Waals surface area contributed by atoms with Gasteiger partial charge in [-0.15, -0.1) is 11.3 Å². The SMILES string of the molecule is COC(=O)c1c(NC(=S)NNC(=O)c2cccc(C)c2)sc2c1CCC2. The first kappa shape index (κ1) is 18.3. The van der Waals surface area contributed by atoms with E-state index in [2.05, 4.69) is 16.2 Å². The minimum absolute atomic E-state index is 0.205. The van der Waals surface area contributed by atoms with E-state index in [0.29, 0.717) is 16.1 Å². The number of fused-ring (bicyclic) bond motifs is 1. The molecule has 1 amide bonds. The Morgan fingerprint density at radius 3 is 2.77 bits per heavy atom. The molecule has 136 valence electrons. The van der Waals surface area contributed by atoms with Crippen LogP contribution in [-0.4, -0.2) is 24.1 Å².